The van der Waals surface area contributed by atoms with Crippen molar-refractivity contribution in [1.29, 1.82) is 0 Å². The van der Waals surface area contributed by atoms with Crippen LogP contribution < -0.4 is 0 Å². The van der Waals surface area contributed by atoms with Gasteiger partial charge in [-0.1, -0.05) is 18.2 Å². The van der Waals surface area contributed by atoms with Gasteiger partial charge in [0.15, 0.2) is 0 Å². The second-order valence-corrected chi connectivity index (χ2v) is 5.50. The monoisotopic (exact) mass is 238 g/mol. The summed E-state index contributed by atoms with van der Waals surface area (Å²) >= 11 is 0. The van der Waals surface area contributed by atoms with E-state index >= 15 is 0 Å². The van der Waals surface area contributed by atoms with Gasteiger partial charge in [-0.3, -0.25) is 4.79 Å². The number of carbonyl (C=O) groups excluding carboxylic acids is 1. The van der Waals surface area contributed by atoms with Gasteiger partial charge >= 0.3 is 0 Å². The van der Waals surface area contributed by atoms with Crippen LogP contribution in [0.1, 0.15) is 40.5 Å². The van der Waals surface area contributed by atoms with Crippen LogP contribution in [0, 0.1) is 0 Å². The highest BCUT2D eigenvalue weighted by Gasteiger charge is 2.40. The van der Waals surface area contributed by atoms with Gasteiger partial charge in [0, 0.05) is 0 Å². The van der Waals surface area contributed by atoms with Gasteiger partial charge in [-0.15, -0.1) is 0 Å². The van der Waals surface area contributed by atoms with Crippen LogP contribution >= 0.6 is 0 Å². The Morgan fingerprint density at radius 1 is 1.53 bits per heavy atom. The molecule has 1 fully saturated rings. The fourth-order valence-electron chi connectivity index (χ4n) is 1.92. The van der Waals surface area contributed by atoms with Crippen LogP contribution in [0.5, 0.6) is 0 Å². The van der Waals surface area contributed by atoms with E-state index in [0.29, 0.717) is 5.57 Å². The number of rotatable bonds is 4. The van der Waals surface area contributed by atoms with E-state index < -0.39 is 5.60 Å². The number of carbonyl (C=O) groups is 1. The second-order valence-electron chi connectivity index (χ2n) is 5.50. The summed E-state index contributed by atoms with van der Waals surface area (Å²) in [5.41, 5.74) is -0.466. The highest BCUT2D eigenvalue weighted by atomic mass is 16.5. The molecular formula is C14H22O3. The summed E-state index contributed by atoms with van der Waals surface area (Å²) in [6.45, 7) is 7.29. The summed E-state index contributed by atoms with van der Waals surface area (Å²) in [6, 6.07) is 0. The maximum atomic E-state index is 10.4. The highest BCUT2D eigenvalue weighted by Crippen LogP contribution is 2.35. The standard InChI is InChI=1S/C14H22O3/c1-11(10-15)6-5-8-14(4)9-7-12(17-14)13(2,3)16/h5-6,8,10,12,16H,7,9H2,1-4H3/b8-5+,11-6?/t12-,14+/m0/s1. The zero-order valence-electron chi connectivity index (χ0n) is 11.1. The molecule has 0 unspecified atom stereocenters. The number of allylic oxidation sites excluding steroid dienone is 3. The fourth-order valence-corrected chi connectivity index (χ4v) is 1.92. The van der Waals surface area contributed by atoms with E-state index in [-0.39, 0.29) is 11.7 Å². The van der Waals surface area contributed by atoms with Gasteiger partial charge < -0.3 is 9.84 Å². The van der Waals surface area contributed by atoms with Gasteiger partial charge in [0.05, 0.1) is 17.3 Å². The first-order chi connectivity index (χ1) is 7.77. The summed E-state index contributed by atoms with van der Waals surface area (Å²) < 4.78 is 5.87. The molecule has 1 heterocycles. The molecule has 2 atom stereocenters. The van der Waals surface area contributed by atoms with Gasteiger partial charge in [-0.2, -0.15) is 0 Å². The minimum Gasteiger partial charge on any atom is -0.388 e. The Morgan fingerprint density at radius 3 is 2.65 bits per heavy atom. The Kier molecular flexibility index (Phi) is 4.28. The predicted octanol–water partition coefficient (Wildman–Crippen LogP) is 2.40. The lowest BCUT2D eigenvalue weighted by Crippen LogP contribution is -2.37. The molecule has 0 amide bonds. The number of hydrogen-bond donors (Lipinski definition) is 1. The first-order valence-electron chi connectivity index (χ1n) is 5.98. The quantitative estimate of drug-likeness (QED) is 0.465. The first-order valence-corrected chi connectivity index (χ1v) is 5.98. The minimum atomic E-state index is -0.805. The van der Waals surface area contributed by atoms with Crippen LogP contribution in [-0.2, 0) is 9.53 Å². The van der Waals surface area contributed by atoms with Crippen molar-refractivity contribution in [3.8, 4) is 0 Å². The average molecular weight is 238 g/mol. The lowest BCUT2D eigenvalue weighted by Gasteiger charge is -2.28. The number of aldehydes is 1. The van der Waals surface area contributed by atoms with Crippen LogP contribution in [0.15, 0.2) is 23.8 Å². The molecule has 0 spiro atoms. The summed E-state index contributed by atoms with van der Waals surface area (Å²) in [4.78, 5) is 10.4. The van der Waals surface area contributed by atoms with Crippen LogP contribution in [-0.4, -0.2) is 28.7 Å². The average Bonchev–Trinajstić information content (AvgIpc) is 2.60. The molecule has 0 radical (unpaired) electrons. The third kappa shape index (κ3) is 4.10. The summed E-state index contributed by atoms with van der Waals surface area (Å²) in [6.07, 6.45) is 7.98. The lowest BCUT2D eigenvalue weighted by molar-refractivity contribution is -0.104. The second kappa shape index (κ2) is 5.15. The van der Waals surface area contributed by atoms with Crippen molar-refractivity contribution in [2.24, 2.45) is 0 Å². The fraction of sp³-hybridized carbons (Fsp3) is 0.643. The minimum absolute atomic E-state index is 0.131. The molecule has 0 aliphatic carbocycles. The zero-order valence-corrected chi connectivity index (χ0v) is 11.1. The molecule has 0 aromatic rings. The van der Waals surface area contributed by atoms with Crippen LogP contribution in [0.4, 0.5) is 0 Å². The van der Waals surface area contributed by atoms with Crippen molar-refractivity contribution in [2.75, 3.05) is 0 Å². The molecule has 0 bridgehead atoms. The Morgan fingerprint density at radius 2 is 2.18 bits per heavy atom. The van der Waals surface area contributed by atoms with E-state index in [1.807, 2.05) is 19.1 Å². The number of aliphatic hydroxyl groups is 1. The van der Waals surface area contributed by atoms with E-state index in [1.54, 1.807) is 26.8 Å². The number of ether oxygens (including phenoxy) is 1. The highest BCUT2D eigenvalue weighted by molar-refractivity contribution is 5.72. The SMILES string of the molecule is CC(C=O)=C/C=C/[C@]1(C)CC[C@@H](C(C)(C)O)O1. The van der Waals surface area contributed by atoms with Crippen LogP contribution in [0.2, 0.25) is 0 Å². The Labute approximate surface area is 103 Å². The lowest BCUT2D eigenvalue weighted by atomic mass is 9.96. The molecule has 3 heteroatoms. The maximum absolute atomic E-state index is 10.4. The summed E-state index contributed by atoms with van der Waals surface area (Å²) in [5.74, 6) is 0. The summed E-state index contributed by atoms with van der Waals surface area (Å²) in [5, 5.41) is 9.89. The molecule has 1 rings (SSSR count). The third-order valence-corrected chi connectivity index (χ3v) is 3.10. The van der Waals surface area contributed by atoms with E-state index in [4.69, 9.17) is 4.74 Å². The molecule has 0 aromatic heterocycles. The van der Waals surface area contributed by atoms with Crippen molar-refractivity contribution in [3.63, 3.8) is 0 Å². The molecule has 0 aromatic carbocycles. The topological polar surface area (TPSA) is 46.5 Å². The first kappa shape index (κ1) is 14.1. The molecule has 1 aliphatic heterocycles. The molecule has 1 saturated heterocycles. The summed E-state index contributed by atoms with van der Waals surface area (Å²) in [7, 11) is 0. The van der Waals surface area contributed by atoms with Crippen molar-refractivity contribution >= 4 is 6.29 Å². The molecule has 1 N–H and O–H groups in total. The van der Waals surface area contributed by atoms with Gasteiger partial charge in [0.25, 0.3) is 0 Å². The van der Waals surface area contributed by atoms with Gasteiger partial charge in [-0.25, -0.2) is 0 Å². The van der Waals surface area contributed by atoms with E-state index in [2.05, 4.69) is 0 Å². The normalized spacial score (nSPS) is 31.1. The van der Waals surface area contributed by atoms with Crippen molar-refractivity contribution in [1.82, 2.24) is 0 Å². The van der Waals surface area contributed by atoms with Crippen LogP contribution in [0.25, 0.3) is 0 Å². The van der Waals surface area contributed by atoms with E-state index in [1.165, 1.54) is 0 Å². The molecule has 96 valence electrons. The third-order valence-electron chi connectivity index (χ3n) is 3.10. The molecular weight excluding hydrogens is 216 g/mol. The van der Waals surface area contributed by atoms with Crippen LogP contribution in [0.3, 0.4) is 0 Å². The Bertz CT molecular complexity index is 336. The van der Waals surface area contributed by atoms with Crippen molar-refractivity contribution in [3.05, 3.63) is 23.8 Å². The smallest absolute Gasteiger partial charge is 0.145 e. The maximum Gasteiger partial charge on any atom is 0.145 e. The molecule has 1 aliphatic rings. The molecule has 0 saturated carbocycles. The van der Waals surface area contributed by atoms with Crippen molar-refractivity contribution < 1.29 is 14.6 Å². The van der Waals surface area contributed by atoms with Gasteiger partial charge in [0.2, 0.25) is 0 Å². The van der Waals surface area contributed by atoms with E-state index in [9.17, 15) is 9.90 Å². The van der Waals surface area contributed by atoms with Gasteiger partial charge in [-0.05, 0) is 46.1 Å². The van der Waals surface area contributed by atoms with Crippen molar-refractivity contribution in [2.45, 2.75) is 57.8 Å². The Balaban J connectivity index is 2.64. The van der Waals surface area contributed by atoms with Gasteiger partial charge in [0.1, 0.15) is 6.29 Å². The molecule has 17 heavy (non-hydrogen) atoms. The Hall–Kier alpha value is -0.930. The number of hydrogen-bond acceptors (Lipinski definition) is 3. The molecule has 3 nitrogen and oxygen atoms in total. The zero-order chi connectivity index (χ0) is 13.1. The largest absolute Gasteiger partial charge is 0.388 e. The van der Waals surface area contributed by atoms with E-state index in [0.717, 1.165) is 19.1 Å². The predicted molar refractivity (Wildman–Crippen MR) is 67.8 cm³/mol.